The van der Waals surface area contributed by atoms with E-state index in [-0.39, 0.29) is 17.9 Å². The molecule has 1 N–H and O–H groups in total. The molecule has 0 saturated carbocycles. The highest BCUT2D eigenvalue weighted by atomic mass is 35.5. The Morgan fingerprint density at radius 3 is 2.84 bits per heavy atom. The topological polar surface area (TPSA) is 93.0 Å². The number of amides is 2. The summed E-state index contributed by atoms with van der Waals surface area (Å²) in [5, 5.41) is 11.0. The van der Waals surface area contributed by atoms with Crippen molar-refractivity contribution >= 4 is 40.4 Å². The first-order chi connectivity index (χ1) is 15.0. The van der Waals surface area contributed by atoms with Crippen molar-refractivity contribution in [2.45, 2.75) is 32.2 Å². The van der Waals surface area contributed by atoms with Gasteiger partial charge in [0, 0.05) is 13.1 Å². The van der Waals surface area contributed by atoms with Crippen LogP contribution in [0.4, 0.5) is 5.95 Å². The van der Waals surface area contributed by atoms with Crippen LogP contribution in [0.25, 0.3) is 11.0 Å². The lowest BCUT2D eigenvalue weighted by Crippen LogP contribution is -2.34. The number of aryl methyl sites for hydroxylation is 1. The van der Waals surface area contributed by atoms with Gasteiger partial charge in [0.15, 0.2) is 0 Å². The standard InChI is InChI=1S/C22H23ClN6O2/c1-3-18(30)28-11-5-4-6-16(13-28)29-20-17(8-7-14(2)19(20)23)26-22(29)27-21(31)15-9-10-24-25-12-15/h3,7-10,12,16H,1,4-6,11,13H2,2H3,(H,26,27,31)/t16-/m1/s1. The monoisotopic (exact) mass is 438 g/mol. The molecule has 1 saturated heterocycles. The van der Waals surface area contributed by atoms with E-state index in [4.69, 9.17) is 11.6 Å². The van der Waals surface area contributed by atoms with Gasteiger partial charge in [0.2, 0.25) is 11.9 Å². The molecule has 0 aliphatic carbocycles. The van der Waals surface area contributed by atoms with Gasteiger partial charge >= 0.3 is 0 Å². The van der Waals surface area contributed by atoms with Gasteiger partial charge in [-0.3, -0.25) is 14.9 Å². The molecule has 1 aromatic carbocycles. The number of halogens is 1. The lowest BCUT2D eigenvalue weighted by molar-refractivity contribution is -0.126. The quantitative estimate of drug-likeness (QED) is 0.625. The van der Waals surface area contributed by atoms with Crippen LogP contribution in [-0.2, 0) is 4.79 Å². The van der Waals surface area contributed by atoms with Gasteiger partial charge in [0.1, 0.15) is 0 Å². The molecule has 0 bridgehead atoms. The van der Waals surface area contributed by atoms with Crippen LogP contribution in [0.15, 0.2) is 43.2 Å². The van der Waals surface area contributed by atoms with Crippen LogP contribution in [0.1, 0.15) is 41.2 Å². The normalized spacial score (nSPS) is 16.7. The Morgan fingerprint density at radius 2 is 2.10 bits per heavy atom. The molecule has 0 radical (unpaired) electrons. The molecule has 31 heavy (non-hydrogen) atoms. The number of nitrogens with one attached hydrogen (secondary N) is 1. The van der Waals surface area contributed by atoms with Crippen LogP contribution in [0.2, 0.25) is 5.02 Å². The number of hydrogen-bond donors (Lipinski definition) is 1. The zero-order valence-electron chi connectivity index (χ0n) is 17.2. The highest BCUT2D eigenvalue weighted by Crippen LogP contribution is 2.35. The average molecular weight is 439 g/mol. The first kappa shape index (κ1) is 21.0. The SMILES string of the molecule is C=CC(=O)N1CCCC[C@@H](n2c(NC(=O)c3ccnnc3)nc3ccc(C)c(Cl)c32)C1. The molecule has 0 unspecified atom stereocenters. The first-order valence-electron chi connectivity index (χ1n) is 10.2. The molecular weight excluding hydrogens is 416 g/mol. The number of anilines is 1. The molecule has 2 amide bonds. The van der Waals surface area contributed by atoms with Crippen LogP contribution in [0.5, 0.6) is 0 Å². The van der Waals surface area contributed by atoms with E-state index in [1.165, 1.54) is 18.5 Å². The number of imidazole rings is 1. The van der Waals surface area contributed by atoms with Gasteiger partial charge in [-0.1, -0.05) is 24.2 Å². The van der Waals surface area contributed by atoms with Crippen molar-refractivity contribution in [3.63, 3.8) is 0 Å². The van der Waals surface area contributed by atoms with E-state index in [1.807, 2.05) is 23.6 Å². The van der Waals surface area contributed by atoms with E-state index in [9.17, 15) is 9.59 Å². The number of fused-ring (bicyclic) bond motifs is 1. The number of benzene rings is 1. The second-order valence-corrected chi connectivity index (χ2v) is 7.97. The van der Waals surface area contributed by atoms with Crippen LogP contribution < -0.4 is 5.32 Å². The molecule has 3 heterocycles. The predicted molar refractivity (Wildman–Crippen MR) is 119 cm³/mol. The van der Waals surface area contributed by atoms with Crippen LogP contribution in [0, 0.1) is 6.92 Å². The van der Waals surface area contributed by atoms with Crippen LogP contribution in [-0.4, -0.2) is 49.6 Å². The van der Waals surface area contributed by atoms with Gasteiger partial charge in [-0.05, 0) is 50.0 Å². The number of carbonyl (C=O) groups is 2. The Morgan fingerprint density at radius 1 is 1.26 bits per heavy atom. The van der Waals surface area contributed by atoms with E-state index in [0.29, 0.717) is 35.1 Å². The molecule has 1 aliphatic heterocycles. The molecule has 1 fully saturated rings. The maximum absolute atomic E-state index is 12.8. The summed E-state index contributed by atoms with van der Waals surface area (Å²) >= 11 is 6.70. The minimum Gasteiger partial charge on any atom is -0.337 e. The molecule has 1 atom stereocenters. The fraction of sp³-hybridized carbons (Fsp3) is 0.318. The second-order valence-electron chi connectivity index (χ2n) is 7.59. The van der Waals surface area contributed by atoms with Crippen molar-refractivity contribution in [3.8, 4) is 0 Å². The van der Waals surface area contributed by atoms with E-state index in [0.717, 1.165) is 30.3 Å². The maximum Gasteiger partial charge on any atom is 0.259 e. The molecule has 8 nitrogen and oxygen atoms in total. The second kappa shape index (κ2) is 8.85. The number of likely N-dealkylation sites (tertiary alicyclic amines) is 1. The summed E-state index contributed by atoms with van der Waals surface area (Å²) in [7, 11) is 0. The predicted octanol–water partition coefficient (Wildman–Crippen LogP) is 3.78. The molecule has 0 spiro atoms. The van der Waals surface area contributed by atoms with E-state index < -0.39 is 0 Å². The Bertz CT molecular complexity index is 1140. The Kier molecular flexibility index (Phi) is 5.99. The fourth-order valence-electron chi connectivity index (χ4n) is 3.95. The molecular formula is C22H23ClN6O2. The van der Waals surface area contributed by atoms with Gasteiger partial charge in [0.05, 0.1) is 40.1 Å². The van der Waals surface area contributed by atoms with Crippen molar-refractivity contribution in [2.24, 2.45) is 0 Å². The zero-order chi connectivity index (χ0) is 22.0. The lowest BCUT2D eigenvalue weighted by Gasteiger charge is -2.26. The number of nitrogens with zero attached hydrogens (tertiary/aromatic N) is 5. The molecule has 4 rings (SSSR count). The summed E-state index contributed by atoms with van der Waals surface area (Å²) in [5.41, 5.74) is 2.73. The molecule has 160 valence electrons. The summed E-state index contributed by atoms with van der Waals surface area (Å²) in [6.07, 6.45) is 6.87. The van der Waals surface area contributed by atoms with Crippen molar-refractivity contribution < 1.29 is 9.59 Å². The highest BCUT2D eigenvalue weighted by Gasteiger charge is 2.27. The molecule has 3 aromatic rings. The summed E-state index contributed by atoms with van der Waals surface area (Å²) in [6.45, 7) is 6.71. The van der Waals surface area contributed by atoms with Gasteiger partial charge in [0.25, 0.3) is 5.91 Å². The minimum atomic E-state index is -0.341. The van der Waals surface area contributed by atoms with Crippen LogP contribution >= 0.6 is 11.6 Å². The highest BCUT2D eigenvalue weighted by molar-refractivity contribution is 6.35. The summed E-state index contributed by atoms with van der Waals surface area (Å²) in [4.78, 5) is 31.6. The largest absolute Gasteiger partial charge is 0.337 e. The van der Waals surface area contributed by atoms with Crippen LogP contribution in [0.3, 0.4) is 0 Å². The third kappa shape index (κ3) is 4.16. The molecule has 1 aliphatic rings. The smallest absolute Gasteiger partial charge is 0.259 e. The number of aromatic nitrogens is 4. The van der Waals surface area contributed by atoms with Gasteiger partial charge in [-0.15, -0.1) is 0 Å². The van der Waals surface area contributed by atoms with E-state index in [1.54, 1.807) is 11.0 Å². The summed E-state index contributed by atoms with van der Waals surface area (Å²) in [5.74, 6) is -0.0544. The van der Waals surface area contributed by atoms with E-state index >= 15 is 0 Å². The Balaban J connectivity index is 1.80. The van der Waals surface area contributed by atoms with Crippen molar-refractivity contribution in [1.29, 1.82) is 0 Å². The van der Waals surface area contributed by atoms with Gasteiger partial charge in [-0.25, -0.2) is 4.98 Å². The zero-order valence-corrected chi connectivity index (χ0v) is 18.0. The lowest BCUT2D eigenvalue weighted by atomic mass is 10.1. The number of rotatable bonds is 4. The van der Waals surface area contributed by atoms with Crippen molar-refractivity contribution in [3.05, 3.63) is 59.4 Å². The number of hydrogen-bond acceptors (Lipinski definition) is 5. The third-order valence-corrected chi connectivity index (χ3v) is 6.03. The van der Waals surface area contributed by atoms with E-state index in [2.05, 4.69) is 27.1 Å². The summed E-state index contributed by atoms with van der Waals surface area (Å²) < 4.78 is 1.96. The average Bonchev–Trinajstić information content (AvgIpc) is 2.97. The first-order valence-corrected chi connectivity index (χ1v) is 10.5. The maximum atomic E-state index is 12.8. The Labute approximate surface area is 184 Å². The fourth-order valence-corrected chi connectivity index (χ4v) is 4.20. The molecule has 9 heteroatoms. The minimum absolute atomic E-state index is 0.0958. The van der Waals surface area contributed by atoms with Gasteiger partial charge < -0.3 is 9.47 Å². The third-order valence-electron chi connectivity index (χ3n) is 5.55. The van der Waals surface area contributed by atoms with Crippen molar-refractivity contribution in [2.75, 3.05) is 18.4 Å². The van der Waals surface area contributed by atoms with Gasteiger partial charge in [-0.2, -0.15) is 10.2 Å². The number of carbonyl (C=O) groups excluding carboxylic acids is 2. The molecule has 2 aromatic heterocycles. The summed E-state index contributed by atoms with van der Waals surface area (Å²) in [6, 6.07) is 5.28. The Hall–Kier alpha value is -3.26. The van der Waals surface area contributed by atoms with Crippen molar-refractivity contribution in [1.82, 2.24) is 24.6 Å².